The predicted octanol–water partition coefficient (Wildman–Crippen LogP) is 2.76. The van der Waals surface area contributed by atoms with Crippen LogP contribution in [-0.2, 0) is 0 Å². The summed E-state index contributed by atoms with van der Waals surface area (Å²) in [5.74, 6) is 0.434. The smallest absolute Gasteiger partial charge is 0.273 e. The number of nitro groups is 1. The van der Waals surface area contributed by atoms with Gasteiger partial charge in [0, 0.05) is 11.6 Å². The fraction of sp³-hybridized carbons (Fsp3) is 0.100. The van der Waals surface area contributed by atoms with Crippen LogP contribution in [0, 0.1) is 10.1 Å². The maximum atomic E-state index is 10.8. The summed E-state index contributed by atoms with van der Waals surface area (Å²) in [5.41, 5.74) is 0.208. The molecule has 0 aliphatic carbocycles. The maximum absolute atomic E-state index is 10.8. The van der Waals surface area contributed by atoms with Crippen LogP contribution in [0.25, 0.3) is 11.4 Å². The molecule has 0 fully saturated rings. The first-order chi connectivity index (χ1) is 8.99. The normalized spacial score (nSPS) is 10.3. The van der Waals surface area contributed by atoms with Gasteiger partial charge in [-0.2, -0.15) is 15.0 Å². The van der Waals surface area contributed by atoms with E-state index in [1.54, 1.807) is 0 Å². The number of benzene rings is 1. The highest BCUT2D eigenvalue weighted by molar-refractivity contribution is 6.31. The summed E-state index contributed by atoms with van der Waals surface area (Å²) in [6.07, 6.45) is 0. The number of nitrogens with zero attached hydrogens (tertiary/aromatic N) is 4. The van der Waals surface area contributed by atoms with Gasteiger partial charge < -0.3 is 4.74 Å². The first-order valence-corrected chi connectivity index (χ1v) is 5.66. The summed E-state index contributed by atoms with van der Waals surface area (Å²) >= 11 is 11.3. The van der Waals surface area contributed by atoms with Crippen LogP contribution in [-0.4, -0.2) is 27.0 Å². The topological polar surface area (TPSA) is 91.0 Å². The number of aromatic nitrogens is 3. The van der Waals surface area contributed by atoms with Gasteiger partial charge in [0.15, 0.2) is 5.82 Å². The first-order valence-electron chi connectivity index (χ1n) is 4.90. The number of ether oxygens (including phenoxy) is 1. The zero-order valence-electron chi connectivity index (χ0n) is 9.50. The van der Waals surface area contributed by atoms with Gasteiger partial charge in [-0.1, -0.05) is 0 Å². The van der Waals surface area contributed by atoms with Crippen LogP contribution in [0.5, 0.6) is 5.75 Å². The van der Waals surface area contributed by atoms with Crippen molar-refractivity contribution in [2.24, 2.45) is 0 Å². The average Bonchev–Trinajstić information content (AvgIpc) is 2.37. The standard InChI is InChI=1S/C10H6Cl2N4O3/c1-19-7-3-5(2-6(4-7)16(17)18)8-13-9(11)15-10(12)14-8/h2-4H,1H3. The van der Waals surface area contributed by atoms with E-state index in [0.29, 0.717) is 11.3 Å². The molecule has 0 spiro atoms. The van der Waals surface area contributed by atoms with E-state index >= 15 is 0 Å². The summed E-state index contributed by atoms with van der Waals surface area (Å²) in [6, 6.07) is 4.12. The molecule has 9 heteroatoms. The lowest BCUT2D eigenvalue weighted by Gasteiger charge is -2.04. The van der Waals surface area contributed by atoms with E-state index in [1.807, 2.05) is 0 Å². The van der Waals surface area contributed by atoms with Gasteiger partial charge >= 0.3 is 0 Å². The van der Waals surface area contributed by atoms with Crippen LogP contribution in [0.3, 0.4) is 0 Å². The van der Waals surface area contributed by atoms with Crippen LogP contribution in [0.15, 0.2) is 18.2 Å². The van der Waals surface area contributed by atoms with Crippen LogP contribution in [0.1, 0.15) is 0 Å². The summed E-state index contributed by atoms with van der Waals surface area (Å²) in [6.45, 7) is 0. The first kappa shape index (κ1) is 13.4. The molecule has 1 aromatic heterocycles. The summed E-state index contributed by atoms with van der Waals surface area (Å²) in [7, 11) is 1.40. The van der Waals surface area contributed by atoms with Gasteiger partial charge in [0.05, 0.1) is 18.1 Å². The van der Waals surface area contributed by atoms with Gasteiger partial charge in [-0.3, -0.25) is 10.1 Å². The second-order valence-corrected chi connectivity index (χ2v) is 4.05. The fourth-order valence-electron chi connectivity index (χ4n) is 1.39. The Balaban J connectivity index is 2.60. The summed E-state index contributed by atoms with van der Waals surface area (Å²) in [4.78, 5) is 21.6. The lowest BCUT2D eigenvalue weighted by atomic mass is 10.2. The maximum Gasteiger partial charge on any atom is 0.273 e. The Morgan fingerprint density at radius 2 is 1.79 bits per heavy atom. The van der Waals surface area contributed by atoms with Crippen molar-refractivity contribution in [3.63, 3.8) is 0 Å². The second kappa shape index (κ2) is 5.33. The second-order valence-electron chi connectivity index (χ2n) is 3.37. The lowest BCUT2D eigenvalue weighted by Crippen LogP contribution is -1.96. The van der Waals surface area contributed by atoms with Crippen molar-refractivity contribution in [3.05, 3.63) is 38.9 Å². The van der Waals surface area contributed by atoms with Crippen molar-refractivity contribution >= 4 is 28.9 Å². The van der Waals surface area contributed by atoms with Crippen molar-refractivity contribution in [3.8, 4) is 17.1 Å². The van der Waals surface area contributed by atoms with E-state index in [1.165, 1.54) is 25.3 Å². The SMILES string of the molecule is COc1cc(-c2nc(Cl)nc(Cl)n2)cc([N+](=O)[O-])c1. The molecule has 0 saturated heterocycles. The van der Waals surface area contributed by atoms with Crippen molar-refractivity contribution in [2.45, 2.75) is 0 Å². The number of hydrogen-bond acceptors (Lipinski definition) is 6. The molecule has 0 atom stereocenters. The third-order valence-electron chi connectivity index (χ3n) is 2.18. The fourth-order valence-corrected chi connectivity index (χ4v) is 1.75. The molecule has 2 aromatic rings. The van der Waals surface area contributed by atoms with Crippen molar-refractivity contribution in [1.29, 1.82) is 0 Å². The Morgan fingerprint density at radius 1 is 1.16 bits per heavy atom. The van der Waals surface area contributed by atoms with E-state index in [2.05, 4.69) is 15.0 Å². The molecule has 1 heterocycles. The van der Waals surface area contributed by atoms with Crippen LogP contribution in [0.4, 0.5) is 5.69 Å². The van der Waals surface area contributed by atoms with Crippen molar-refractivity contribution in [1.82, 2.24) is 15.0 Å². The van der Waals surface area contributed by atoms with Gasteiger partial charge in [0.25, 0.3) is 5.69 Å². The molecule has 0 saturated carbocycles. The zero-order chi connectivity index (χ0) is 14.0. The van der Waals surface area contributed by atoms with Crippen LogP contribution in [0.2, 0.25) is 10.6 Å². The van der Waals surface area contributed by atoms with Crippen LogP contribution >= 0.6 is 23.2 Å². The van der Waals surface area contributed by atoms with Gasteiger partial charge in [0.1, 0.15) is 5.75 Å². The van der Waals surface area contributed by atoms with Gasteiger partial charge in [-0.25, -0.2) is 0 Å². The molecule has 2 rings (SSSR count). The van der Waals surface area contributed by atoms with E-state index in [4.69, 9.17) is 27.9 Å². The Bertz CT molecular complexity index is 630. The molecule has 0 unspecified atom stereocenters. The third-order valence-corrected chi connectivity index (χ3v) is 2.51. The van der Waals surface area contributed by atoms with Gasteiger partial charge in [-0.15, -0.1) is 0 Å². The molecule has 19 heavy (non-hydrogen) atoms. The molecule has 0 amide bonds. The molecule has 0 aliphatic rings. The highest BCUT2D eigenvalue weighted by Gasteiger charge is 2.14. The average molecular weight is 301 g/mol. The monoisotopic (exact) mass is 300 g/mol. The molecule has 0 radical (unpaired) electrons. The molecular weight excluding hydrogens is 295 g/mol. The number of rotatable bonds is 3. The van der Waals surface area contributed by atoms with E-state index < -0.39 is 4.92 Å². The molecule has 0 bridgehead atoms. The van der Waals surface area contributed by atoms with Crippen LogP contribution < -0.4 is 4.74 Å². The molecule has 0 aliphatic heterocycles. The van der Waals surface area contributed by atoms with E-state index in [-0.39, 0.29) is 22.1 Å². The molecule has 7 nitrogen and oxygen atoms in total. The number of halogens is 2. The Kier molecular flexibility index (Phi) is 3.77. The predicted molar refractivity (Wildman–Crippen MR) is 68.5 cm³/mol. The van der Waals surface area contributed by atoms with Gasteiger partial charge in [-0.05, 0) is 29.3 Å². The summed E-state index contributed by atoms with van der Waals surface area (Å²) < 4.78 is 4.99. The number of non-ortho nitro benzene ring substituents is 1. The lowest BCUT2D eigenvalue weighted by molar-refractivity contribution is -0.384. The van der Waals surface area contributed by atoms with Crippen molar-refractivity contribution < 1.29 is 9.66 Å². The molecular formula is C10H6Cl2N4O3. The largest absolute Gasteiger partial charge is 0.496 e. The minimum absolute atomic E-state index is 0.0968. The van der Waals surface area contributed by atoms with Crippen molar-refractivity contribution in [2.75, 3.05) is 7.11 Å². The highest BCUT2D eigenvalue weighted by Crippen LogP contribution is 2.28. The van der Waals surface area contributed by atoms with E-state index in [0.717, 1.165) is 0 Å². The third kappa shape index (κ3) is 3.07. The highest BCUT2D eigenvalue weighted by atomic mass is 35.5. The molecule has 1 aromatic carbocycles. The molecule has 0 N–H and O–H groups in total. The molecule has 98 valence electrons. The Hall–Kier alpha value is -1.99. The number of hydrogen-bond donors (Lipinski definition) is 0. The Morgan fingerprint density at radius 3 is 2.32 bits per heavy atom. The summed E-state index contributed by atoms with van der Waals surface area (Å²) in [5, 5.41) is 10.6. The quantitative estimate of drug-likeness (QED) is 0.639. The number of nitro benzene ring substituents is 1. The zero-order valence-corrected chi connectivity index (χ0v) is 11.0. The van der Waals surface area contributed by atoms with E-state index in [9.17, 15) is 10.1 Å². The minimum Gasteiger partial charge on any atom is -0.496 e. The Labute approximate surface area is 117 Å². The van der Waals surface area contributed by atoms with Gasteiger partial charge in [0.2, 0.25) is 10.6 Å². The minimum atomic E-state index is -0.545. The number of methoxy groups -OCH3 is 1.